The van der Waals surface area contributed by atoms with E-state index in [2.05, 4.69) is 12.1 Å². The lowest BCUT2D eigenvalue weighted by atomic mass is 9.76. The first-order valence-electron chi connectivity index (χ1n) is 6.43. The predicted molar refractivity (Wildman–Crippen MR) is 83.1 cm³/mol. The minimum atomic E-state index is -0.613. The Labute approximate surface area is 118 Å². The summed E-state index contributed by atoms with van der Waals surface area (Å²) in [6.07, 6.45) is -0.0117. The number of hydrogen-bond acceptors (Lipinski definition) is 3. The first-order valence-corrected chi connectivity index (χ1v) is 6.43. The molecule has 2 unspecified atom stereocenters. The molecule has 0 bridgehead atoms. The zero-order valence-corrected chi connectivity index (χ0v) is 11.9. The van der Waals surface area contributed by atoms with Gasteiger partial charge in [-0.25, -0.2) is 0 Å². The first-order chi connectivity index (χ1) is 8.12. The van der Waals surface area contributed by atoms with Crippen molar-refractivity contribution >= 4 is 0 Å². The van der Waals surface area contributed by atoms with Gasteiger partial charge in [-0.15, -0.1) is 0 Å². The van der Waals surface area contributed by atoms with Crippen LogP contribution >= 0.6 is 0 Å². The highest BCUT2D eigenvalue weighted by atomic mass is 16.3. The van der Waals surface area contributed by atoms with Gasteiger partial charge in [0, 0.05) is 17.0 Å². The Morgan fingerprint density at radius 2 is 1.47 bits per heavy atom. The van der Waals surface area contributed by atoms with Gasteiger partial charge in [0.25, 0.3) is 0 Å². The van der Waals surface area contributed by atoms with Gasteiger partial charge in [0.1, 0.15) is 0 Å². The lowest BCUT2D eigenvalue weighted by molar-refractivity contribution is 0.0799. The molecule has 0 fully saturated rings. The Morgan fingerprint density at radius 1 is 1.00 bits per heavy atom. The second-order valence-corrected chi connectivity index (χ2v) is 6.36. The van der Waals surface area contributed by atoms with Crippen LogP contribution in [0.2, 0.25) is 0 Å². The second-order valence-electron chi connectivity index (χ2n) is 6.36. The highest BCUT2D eigenvalue weighted by molar-refractivity contribution is 5.23. The highest BCUT2D eigenvalue weighted by Gasteiger charge is 2.33. The number of benzene rings is 1. The molecule has 0 amide bonds. The van der Waals surface area contributed by atoms with Crippen LogP contribution in [0.3, 0.4) is 0 Å². The summed E-state index contributed by atoms with van der Waals surface area (Å²) in [5.41, 5.74) is 12.3. The Morgan fingerprint density at radius 3 is 1.84 bits per heavy atom. The van der Waals surface area contributed by atoms with Crippen LogP contribution in [0.1, 0.15) is 53.0 Å². The van der Waals surface area contributed by atoms with Crippen molar-refractivity contribution in [3.8, 4) is 0 Å². The van der Waals surface area contributed by atoms with Gasteiger partial charge in [-0.1, -0.05) is 37.8 Å². The predicted octanol–water partition coefficient (Wildman–Crippen LogP) is 2.63. The van der Waals surface area contributed by atoms with E-state index in [1.165, 1.54) is 0 Å². The van der Waals surface area contributed by atoms with Crippen molar-refractivity contribution in [2.45, 2.75) is 64.6 Å². The molecule has 19 heavy (non-hydrogen) atoms. The molecule has 0 heterocycles. The van der Waals surface area contributed by atoms with Crippen molar-refractivity contribution in [3.05, 3.63) is 35.9 Å². The number of hydrogen-bond donors (Lipinski definition) is 3. The molecule has 0 aliphatic carbocycles. The summed E-state index contributed by atoms with van der Waals surface area (Å²) in [6.45, 7) is 7.65. The Hall–Kier alpha value is -0.900. The molecular weight excluding hydrogens is 236 g/mol. The zero-order chi connectivity index (χ0) is 14.0. The van der Waals surface area contributed by atoms with E-state index in [4.69, 9.17) is 11.5 Å². The molecule has 3 heteroatoms. The molecule has 3 nitrogen and oxygen atoms in total. The van der Waals surface area contributed by atoms with Crippen molar-refractivity contribution in [2.24, 2.45) is 11.5 Å². The summed E-state index contributed by atoms with van der Waals surface area (Å²) in [7, 11) is 0. The van der Waals surface area contributed by atoms with E-state index in [-0.39, 0.29) is 13.3 Å². The number of aliphatic hydroxyl groups excluding tert-OH is 1. The molecule has 1 aromatic carbocycles. The molecule has 0 aromatic heterocycles. The highest BCUT2D eigenvalue weighted by Crippen LogP contribution is 2.32. The van der Waals surface area contributed by atoms with E-state index in [0.717, 1.165) is 5.56 Å². The van der Waals surface area contributed by atoms with Crippen LogP contribution in [-0.4, -0.2) is 22.3 Å². The molecular formula is C16H30N2O. The minimum absolute atomic E-state index is 0. The SMILES string of the molecule is C.CC(C)(N)C(O)CC(c1ccccc1)C(C)(C)N. The molecule has 1 aromatic rings. The Kier molecular flexibility index (Phi) is 6.20. The van der Waals surface area contributed by atoms with Crippen molar-refractivity contribution in [1.29, 1.82) is 0 Å². The third-order valence-electron chi connectivity index (χ3n) is 3.42. The molecule has 0 radical (unpaired) electrons. The quantitative estimate of drug-likeness (QED) is 0.767. The van der Waals surface area contributed by atoms with Crippen LogP contribution in [0, 0.1) is 0 Å². The molecule has 2 atom stereocenters. The normalized spacial score (nSPS) is 15.5. The molecule has 0 saturated carbocycles. The van der Waals surface area contributed by atoms with E-state index >= 15 is 0 Å². The summed E-state index contributed by atoms with van der Waals surface area (Å²) in [5, 5.41) is 10.2. The maximum Gasteiger partial charge on any atom is 0.0720 e. The largest absolute Gasteiger partial charge is 0.391 e. The van der Waals surface area contributed by atoms with Gasteiger partial charge in [-0.05, 0) is 39.7 Å². The molecule has 0 aliphatic rings. The fourth-order valence-corrected chi connectivity index (χ4v) is 2.08. The van der Waals surface area contributed by atoms with Gasteiger partial charge in [0.05, 0.1) is 6.10 Å². The maximum atomic E-state index is 10.2. The van der Waals surface area contributed by atoms with Gasteiger partial charge in [-0.2, -0.15) is 0 Å². The molecule has 5 N–H and O–H groups in total. The average molecular weight is 266 g/mol. The van der Waals surface area contributed by atoms with Crippen molar-refractivity contribution in [1.82, 2.24) is 0 Å². The molecule has 0 spiro atoms. The topological polar surface area (TPSA) is 72.3 Å². The van der Waals surface area contributed by atoms with Crippen LogP contribution in [0.15, 0.2) is 30.3 Å². The smallest absolute Gasteiger partial charge is 0.0720 e. The van der Waals surface area contributed by atoms with Crippen molar-refractivity contribution < 1.29 is 5.11 Å². The van der Waals surface area contributed by atoms with Gasteiger partial charge in [0.15, 0.2) is 0 Å². The number of aliphatic hydroxyl groups is 1. The monoisotopic (exact) mass is 266 g/mol. The van der Waals surface area contributed by atoms with Gasteiger partial charge < -0.3 is 16.6 Å². The van der Waals surface area contributed by atoms with Gasteiger partial charge in [-0.3, -0.25) is 0 Å². The van der Waals surface area contributed by atoms with Crippen LogP contribution in [0.5, 0.6) is 0 Å². The zero-order valence-electron chi connectivity index (χ0n) is 11.9. The van der Waals surface area contributed by atoms with E-state index in [0.29, 0.717) is 6.42 Å². The molecule has 0 aliphatic heterocycles. The second kappa shape index (κ2) is 6.51. The van der Waals surface area contributed by atoms with E-state index < -0.39 is 17.2 Å². The van der Waals surface area contributed by atoms with Crippen LogP contribution in [0.4, 0.5) is 0 Å². The Bertz CT molecular complexity index is 363. The van der Waals surface area contributed by atoms with Gasteiger partial charge >= 0.3 is 0 Å². The molecule has 0 saturated heterocycles. The van der Waals surface area contributed by atoms with Crippen molar-refractivity contribution in [3.63, 3.8) is 0 Å². The summed E-state index contributed by atoms with van der Waals surface area (Å²) in [5.74, 6) is 0.0801. The van der Waals surface area contributed by atoms with E-state index in [1.54, 1.807) is 0 Å². The summed E-state index contributed by atoms with van der Waals surface area (Å²) in [4.78, 5) is 0. The Balaban J connectivity index is 0.00000324. The van der Waals surface area contributed by atoms with Crippen LogP contribution in [-0.2, 0) is 0 Å². The average Bonchev–Trinajstić information content (AvgIpc) is 2.23. The fraction of sp³-hybridized carbons (Fsp3) is 0.625. The van der Waals surface area contributed by atoms with Gasteiger partial charge in [0.2, 0.25) is 0 Å². The molecule has 1 rings (SSSR count). The lowest BCUT2D eigenvalue weighted by Crippen LogP contribution is -2.49. The van der Waals surface area contributed by atoms with Crippen molar-refractivity contribution in [2.75, 3.05) is 0 Å². The third kappa shape index (κ3) is 5.31. The van der Waals surface area contributed by atoms with Crippen LogP contribution in [0.25, 0.3) is 0 Å². The molecule has 110 valence electrons. The third-order valence-corrected chi connectivity index (χ3v) is 3.42. The van der Waals surface area contributed by atoms with E-state index in [1.807, 2.05) is 45.9 Å². The van der Waals surface area contributed by atoms with E-state index in [9.17, 15) is 5.11 Å². The first kappa shape index (κ1) is 18.1. The standard InChI is InChI=1S/C15H26N2O.CH4/c1-14(2,16)12(10-13(18)15(3,4)17)11-8-6-5-7-9-11;/h5-9,12-13,18H,10,16-17H2,1-4H3;1H4. The fourth-order valence-electron chi connectivity index (χ4n) is 2.08. The minimum Gasteiger partial charge on any atom is -0.391 e. The summed E-state index contributed by atoms with van der Waals surface area (Å²) >= 11 is 0. The maximum absolute atomic E-state index is 10.2. The number of rotatable bonds is 5. The summed E-state index contributed by atoms with van der Waals surface area (Å²) < 4.78 is 0. The lowest BCUT2D eigenvalue weighted by Gasteiger charge is -2.36. The van der Waals surface area contributed by atoms with Crippen LogP contribution < -0.4 is 11.5 Å². The number of nitrogens with two attached hydrogens (primary N) is 2. The summed E-state index contributed by atoms with van der Waals surface area (Å²) in [6, 6.07) is 10.1.